The lowest BCUT2D eigenvalue weighted by molar-refractivity contribution is -0.385. The summed E-state index contributed by atoms with van der Waals surface area (Å²) in [4.78, 5) is 23.6. The number of nitrogens with zero attached hydrogens (tertiary/aromatic N) is 2. The minimum absolute atomic E-state index is 0.00782. The van der Waals surface area contributed by atoms with Crippen molar-refractivity contribution in [2.45, 2.75) is 18.4 Å². The van der Waals surface area contributed by atoms with E-state index in [-0.39, 0.29) is 39.2 Å². The summed E-state index contributed by atoms with van der Waals surface area (Å²) in [5, 5.41) is 14.3. The summed E-state index contributed by atoms with van der Waals surface area (Å²) in [6.45, 7) is 0.792. The van der Waals surface area contributed by atoms with Gasteiger partial charge in [-0.15, -0.1) is 0 Å². The van der Waals surface area contributed by atoms with Crippen LogP contribution in [0.5, 0.6) is 23.0 Å². The lowest BCUT2D eigenvalue weighted by Crippen LogP contribution is -2.41. The molecule has 40 heavy (non-hydrogen) atoms. The third kappa shape index (κ3) is 6.49. The smallest absolute Gasteiger partial charge is 0.273 e. The Bertz CT molecular complexity index is 1500. The van der Waals surface area contributed by atoms with Crippen molar-refractivity contribution in [1.29, 1.82) is 0 Å². The molecule has 0 aliphatic rings. The van der Waals surface area contributed by atoms with Crippen LogP contribution in [0, 0.1) is 17.0 Å². The molecule has 0 saturated heterocycles. The van der Waals surface area contributed by atoms with E-state index < -0.39 is 27.4 Å². The molecule has 0 unspecified atom stereocenters. The summed E-state index contributed by atoms with van der Waals surface area (Å²) < 4.78 is 49.7. The lowest BCUT2D eigenvalue weighted by Gasteiger charge is -2.26. The second-order valence-corrected chi connectivity index (χ2v) is 10.6. The van der Waals surface area contributed by atoms with Crippen LogP contribution >= 0.6 is 11.6 Å². The molecule has 3 rings (SSSR count). The molecule has 14 heteroatoms. The Kier molecular flexibility index (Phi) is 9.66. The molecule has 0 radical (unpaired) electrons. The van der Waals surface area contributed by atoms with Crippen LogP contribution in [0.15, 0.2) is 53.4 Å². The molecule has 0 aliphatic heterocycles. The SMILES string of the molecule is COc1ccc(Cl)cc1N(CC(=O)NCc1cc(OC)c(OC)c(OC)c1)S(=O)(=O)c1ccc(C)c([N+](=O)[O-])c1. The number of hydrogen-bond acceptors (Lipinski definition) is 9. The van der Waals surface area contributed by atoms with E-state index in [0.29, 0.717) is 22.8 Å². The lowest BCUT2D eigenvalue weighted by atomic mass is 10.1. The number of amides is 1. The highest BCUT2D eigenvalue weighted by atomic mass is 35.5. The molecule has 214 valence electrons. The van der Waals surface area contributed by atoms with E-state index in [0.717, 1.165) is 10.4 Å². The largest absolute Gasteiger partial charge is 0.495 e. The molecule has 3 aromatic carbocycles. The van der Waals surface area contributed by atoms with Crippen LogP contribution < -0.4 is 28.6 Å². The number of nitro groups is 1. The van der Waals surface area contributed by atoms with E-state index in [2.05, 4.69) is 5.32 Å². The van der Waals surface area contributed by atoms with E-state index in [1.807, 2.05) is 0 Å². The third-order valence-corrected chi connectivity index (χ3v) is 7.87. The first-order valence-electron chi connectivity index (χ1n) is 11.6. The maximum absolute atomic E-state index is 13.8. The average molecular weight is 594 g/mol. The van der Waals surface area contributed by atoms with E-state index in [1.165, 1.54) is 65.7 Å². The van der Waals surface area contributed by atoms with Crippen molar-refractivity contribution in [2.75, 3.05) is 39.3 Å². The molecule has 1 amide bonds. The first-order valence-corrected chi connectivity index (χ1v) is 13.5. The molecule has 0 heterocycles. The minimum Gasteiger partial charge on any atom is -0.495 e. The predicted octanol–water partition coefficient (Wildman–Crippen LogP) is 4.10. The molecular weight excluding hydrogens is 566 g/mol. The van der Waals surface area contributed by atoms with Crippen LogP contribution in [0.4, 0.5) is 11.4 Å². The van der Waals surface area contributed by atoms with Crippen LogP contribution in [0.25, 0.3) is 0 Å². The second kappa shape index (κ2) is 12.7. The molecule has 0 spiro atoms. The van der Waals surface area contributed by atoms with E-state index in [1.54, 1.807) is 12.1 Å². The highest BCUT2D eigenvalue weighted by Gasteiger charge is 2.31. The standard InChI is InChI=1S/C26H28ClN3O9S/c1-16-6-8-19(13-20(16)30(32)33)40(34,35)29(21-12-18(27)7-9-22(21)36-2)15-25(31)28-14-17-10-23(37-3)26(39-5)24(11-17)38-4/h6-13H,14-15H2,1-5H3,(H,28,31). The zero-order valence-electron chi connectivity index (χ0n) is 22.4. The monoisotopic (exact) mass is 593 g/mol. The molecule has 0 aliphatic carbocycles. The van der Waals surface area contributed by atoms with Gasteiger partial charge in [0, 0.05) is 23.2 Å². The van der Waals surface area contributed by atoms with Crippen molar-refractivity contribution >= 4 is 38.9 Å². The summed E-state index contributed by atoms with van der Waals surface area (Å²) in [5.74, 6) is 0.561. The van der Waals surface area contributed by atoms with Crippen LogP contribution in [-0.4, -0.2) is 54.2 Å². The number of nitrogens with one attached hydrogen (secondary N) is 1. The van der Waals surface area contributed by atoms with Gasteiger partial charge in [0.2, 0.25) is 11.7 Å². The van der Waals surface area contributed by atoms with E-state index in [9.17, 15) is 23.3 Å². The number of ether oxygens (including phenoxy) is 4. The molecule has 0 bridgehead atoms. The van der Waals surface area contributed by atoms with Gasteiger partial charge < -0.3 is 24.3 Å². The molecule has 0 atom stereocenters. The number of halogens is 1. The Hall–Kier alpha value is -4.23. The molecule has 0 fully saturated rings. The van der Waals surface area contributed by atoms with Gasteiger partial charge in [-0.3, -0.25) is 19.2 Å². The molecule has 12 nitrogen and oxygen atoms in total. The fourth-order valence-electron chi connectivity index (χ4n) is 3.86. The summed E-state index contributed by atoms with van der Waals surface area (Å²) >= 11 is 6.16. The summed E-state index contributed by atoms with van der Waals surface area (Å²) in [6, 6.07) is 11.1. The fraction of sp³-hybridized carbons (Fsp3) is 0.269. The molecule has 1 N–H and O–H groups in total. The average Bonchev–Trinajstić information content (AvgIpc) is 2.93. The van der Waals surface area contributed by atoms with Gasteiger partial charge in [-0.1, -0.05) is 17.7 Å². The van der Waals surface area contributed by atoms with Gasteiger partial charge in [-0.05, 0) is 48.9 Å². The van der Waals surface area contributed by atoms with Crippen LogP contribution in [0.3, 0.4) is 0 Å². The number of sulfonamides is 1. The number of carbonyl (C=O) groups is 1. The zero-order valence-corrected chi connectivity index (χ0v) is 24.0. The third-order valence-electron chi connectivity index (χ3n) is 5.88. The van der Waals surface area contributed by atoms with Crippen LogP contribution in [0.1, 0.15) is 11.1 Å². The molecule has 3 aromatic rings. The number of hydrogen-bond donors (Lipinski definition) is 1. The first kappa shape index (κ1) is 30.3. The van der Waals surface area contributed by atoms with Gasteiger partial charge in [-0.25, -0.2) is 8.42 Å². The first-order chi connectivity index (χ1) is 19.0. The molecule has 0 saturated carbocycles. The van der Waals surface area contributed by atoms with Crippen molar-refractivity contribution in [1.82, 2.24) is 5.32 Å². The Balaban J connectivity index is 2.00. The Morgan fingerprint density at radius 3 is 2.12 bits per heavy atom. The molecular formula is C26H28ClN3O9S. The van der Waals surface area contributed by atoms with Crippen molar-refractivity contribution in [3.8, 4) is 23.0 Å². The summed E-state index contributed by atoms with van der Waals surface area (Å²) in [5.41, 5.74) is 0.456. The number of benzene rings is 3. The maximum Gasteiger partial charge on any atom is 0.273 e. The predicted molar refractivity (Wildman–Crippen MR) is 148 cm³/mol. The van der Waals surface area contributed by atoms with Crippen molar-refractivity contribution in [3.05, 3.63) is 74.8 Å². The van der Waals surface area contributed by atoms with E-state index >= 15 is 0 Å². The number of nitro benzene ring substituents is 1. The molecule has 0 aromatic heterocycles. The van der Waals surface area contributed by atoms with Gasteiger partial charge in [0.15, 0.2) is 11.5 Å². The Morgan fingerprint density at radius 2 is 1.57 bits per heavy atom. The van der Waals surface area contributed by atoms with Gasteiger partial charge >= 0.3 is 0 Å². The number of anilines is 1. The number of aryl methyl sites for hydroxylation is 1. The quantitative estimate of drug-likeness (QED) is 0.242. The normalized spacial score (nSPS) is 10.9. The minimum atomic E-state index is -4.51. The fourth-order valence-corrected chi connectivity index (χ4v) is 5.47. The highest BCUT2D eigenvalue weighted by molar-refractivity contribution is 7.92. The Labute approximate surface area is 236 Å². The van der Waals surface area contributed by atoms with Gasteiger partial charge in [0.25, 0.3) is 15.7 Å². The number of carbonyl (C=O) groups excluding carboxylic acids is 1. The zero-order chi connectivity index (χ0) is 29.6. The Morgan fingerprint density at radius 1 is 0.950 bits per heavy atom. The number of methoxy groups -OCH3 is 4. The van der Waals surface area contributed by atoms with Gasteiger partial charge in [0.05, 0.1) is 43.9 Å². The maximum atomic E-state index is 13.8. The van der Waals surface area contributed by atoms with Crippen LogP contribution in [-0.2, 0) is 21.4 Å². The van der Waals surface area contributed by atoms with Crippen LogP contribution in [0.2, 0.25) is 5.02 Å². The van der Waals surface area contributed by atoms with E-state index in [4.69, 9.17) is 30.5 Å². The van der Waals surface area contributed by atoms with Gasteiger partial charge in [0.1, 0.15) is 12.3 Å². The van der Waals surface area contributed by atoms with Crippen molar-refractivity contribution in [3.63, 3.8) is 0 Å². The van der Waals surface area contributed by atoms with Gasteiger partial charge in [-0.2, -0.15) is 0 Å². The van der Waals surface area contributed by atoms with Crippen molar-refractivity contribution < 1.29 is 37.1 Å². The van der Waals surface area contributed by atoms with Crippen molar-refractivity contribution in [2.24, 2.45) is 0 Å². The second-order valence-electron chi connectivity index (χ2n) is 8.34. The topological polar surface area (TPSA) is 147 Å². The summed E-state index contributed by atoms with van der Waals surface area (Å²) in [7, 11) is 1.19. The highest BCUT2D eigenvalue weighted by Crippen LogP contribution is 2.38. The summed E-state index contributed by atoms with van der Waals surface area (Å²) in [6.07, 6.45) is 0. The number of rotatable bonds is 12.